The molecular weight excluding hydrogens is 681 g/mol. The summed E-state index contributed by atoms with van der Waals surface area (Å²) in [5.41, 5.74) is 15.9. The van der Waals surface area contributed by atoms with Gasteiger partial charge in [-0.05, 0) is 95.8 Å². The maximum atomic E-state index is 5.14. The molecule has 1 unspecified atom stereocenters. The Kier molecular flexibility index (Phi) is 8.30. The van der Waals surface area contributed by atoms with Crippen LogP contribution in [-0.2, 0) is 0 Å². The molecule has 0 aliphatic carbocycles. The van der Waals surface area contributed by atoms with Crippen LogP contribution >= 0.6 is 0 Å². The van der Waals surface area contributed by atoms with Crippen molar-refractivity contribution in [2.75, 3.05) is 0 Å². The molecule has 9 aromatic rings. The minimum Gasteiger partial charge on any atom is -0.360 e. The Labute approximate surface area is 327 Å². The second-order valence-corrected chi connectivity index (χ2v) is 14.4. The molecule has 0 saturated heterocycles. The quantitative estimate of drug-likeness (QED) is 0.175. The highest BCUT2D eigenvalue weighted by Crippen LogP contribution is 2.38. The topological polar surface area (TPSA) is 34.2 Å². The van der Waals surface area contributed by atoms with Gasteiger partial charge in [-0.2, -0.15) is 0 Å². The lowest BCUT2D eigenvalue weighted by Crippen LogP contribution is -2.24. The molecule has 0 amide bonds. The van der Waals surface area contributed by atoms with E-state index >= 15 is 0 Å². The van der Waals surface area contributed by atoms with Crippen molar-refractivity contribution in [3.8, 4) is 22.5 Å². The molecule has 1 aliphatic heterocycles. The summed E-state index contributed by atoms with van der Waals surface area (Å²) in [7, 11) is 0. The van der Waals surface area contributed by atoms with Crippen LogP contribution in [0.25, 0.3) is 67.0 Å². The summed E-state index contributed by atoms with van der Waals surface area (Å²) < 4.78 is 4.84. The molecule has 56 heavy (non-hydrogen) atoms. The first-order valence-electron chi connectivity index (χ1n) is 19.3. The zero-order valence-corrected chi connectivity index (χ0v) is 31.4. The van der Waals surface area contributed by atoms with Gasteiger partial charge in [-0.3, -0.25) is 4.99 Å². The fraction of sp³-hybridized carbons (Fsp3) is 0.0577. The Hall–Kier alpha value is -7.17. The summed E-state index contributed by atoms with van der Waals surface area (Å²) in [5.74, 6) is 0. The van der Waals surface area contributed by atoms with Crippen LogP contribution in [0, 0.1) is 6.92 Å². The summed E-state index contributed by atoms with van der Waals surface area (Å²) in [6.07, 6.45) is 6.35. The van der Waals surface area contributed by atoms with E-state index in [9.17, 15) is 0 Å². The SMILES string of the molecule is C/C=C\c1c(C)c2ccccc2n1-c1cc(-c2ccc(C3=CC(c4ccccc4)=NC(c4ccccc4)N3)cc2)cc(-n2c3ccccc3c3ccccc32)c1. The number of rotatable bonds is 7. The van der Waals surface area contributed by atoms with E-state index in [1.807, 2.05) is 12.1 Å². The number of aryl methyl sites for hydroxylation is 1. The van der Waals surface area contributed by atoms with Gasteiger partial charge in [-0.15, -0.1) is 0 Å². The first-order chi connectivity index (χ1) is 27.6. The van der Waals surface area contributed by atoms with Gasteiger partial charge in [0.1, 0.15) is 6.17 Å². The third-order valence-electron chi connectivity index (χ3n) is 11.1. The minimum absolute atomic E-state index is 0.192. The predicted octanol–water partition coefficient (Wildman–Crippen LogP) is 12.9. The molecular formula is C52H40N4. The highest BCUT2D eigenvalue weighted by Gasteiger charge is 2.21. The molecule has 7 aromatic carbocycles. The Morgan fingerprint density at radius 1 is 0.518 bits per heavy atom. The summed E-state index contributed by atoms with van der Waals surface area (Å²) in [6, 6.07) is 63.1. The second kappa shape index (κ2) is 13.9. The van der Waals surface area contributed by atoms with E-state index in [2.05, 4.69) is 210 Å². The largest absolute Gasteiger partial charge is 0.360 e. The van der Waals surface area contributed by atoms with E-state index < -0.39 is 0 Å². The summed E-state index contributed by atoms with van der Waals surface area (Å²) >= 11 is 0. The molecule has 1 aliphatic rings. The van der Waals surface area contributed by atoms with Crippen LogP contribution in [0.1, 0.15) is 41.0 Å². The average Bonchev–Trinajstić information content (AvgIpc) is 3.75. The van der Waals surface area contributed by atoms with Crippen LogP contribution in [-0.4, -0.2) is 14.8 Å². The molecule has 2 aromatic heterocycles. The van der Waals surface area contributed by atoms with E-state index in [1.165, 1.54) is 44.0 Å². The van der Waals surface area contributed by atoms with Gasteiger partial charge in [0.05, 0.1) is 22.3 Å². The summed E-state index contributed by atoms with van der Waals surface area (Å²) in [5, 5.41) is 7.49. The number of fused-ring (bicyclic) bond motifs is 4. The highest BCUT2D eigenvalue weighted by molar-refractivity contribution is 6.13. The van der Waals surface area contributed by atoms with E-state index in [4.69, 9.17) is 4.99 Å². The number of aliphatic imine (C=N–C) groups is 1. The lowest BCUT2D eigenvalue weighted by Gasteiger charge is -2.25. The number of para-hydroxylation sites is 3. The van der Waals surface area contributed by atoms with Crippen molar-refractivity contribution < 1.29 is 0 Å². The van der Waals surface area contributed by atoms with Crippen molar-refractivity contribution in [1.29, 1.82) is 0 Å². The van der Waals surface area contributed by atoms with Crippen molar-refractivity contribution in [1.82, 2.24) is 14.5 Å². The zero-order chi connectivity index (χ0) is 37.6. The van der Waals surface area contributed by atoms with Crippen molar-refractivity contribution in [3.05, 3.63) is 216 Å². The number of hydrogen-bond acceptors (Lipinski definition) is 2. The number of aromatic nitrogens is 2. The van der Waals surface area contributed by atoms with Crippen LogP contribution in [0.5, 0.6) is 0 Å². The summed E-state index contributed by atoms with van der Waals surface area (Å²) in [4.78, 5) is 5.14. The molecule has 268 valence electrons. The first kappa shape index (κ1) is 33.4. The van der Waals surface area contributed by atoms with Gasteiger partial charge >= 0.3 is 0 Å². The van der Waals surface area contributed by atoms with Crippen LogP contribution < -0.4 is 5.32 Å². The number of nitrogens with one attached hydrogen (secondary N) is 1. The molecule has 3 heterocycles. The highest BCUT2D eigenvalue weighted by atomic mass is 15.1. The average molecular weight is 721 g/mol. The number of allylic oxidation sites excluding steroid dienone is 2. The van der Waals surface area contributed by atoms with Gasteiger partial charge in [0.15, 0.2) is 0 Å². The lowest BCUT2D eigenvalue weighted by atomic mass is 9.99. The fourth-order valence-electron chi connectivity index (χ4n) is 8.38. The Morgan fingerprint density at radius 2 is 1.05 bits per heavy atom. The molecule has 4 heteroatoms. The number of benzene rings is 7. The monoisotopic (exact) mass is 720 g/mol. The standard InChI is InChI=1S/C52H40N4/c1-3-16-48-35(2)43-21-10-13-24-49(43)55(48)41-31-40(32-42(33-41)56-50-25-14-11-22-44(50)45-23-12-15-26-51(45)56)36-27-29-38(30-28-36)47-34-46(37-17-6-4-7-18-37)53-52(54-47)39-19-8-5-9-20-39/h3-34,52,54H,1-2H3/b16-3-. The van der Waals surface area contributed by atoms with Crippen LogP contribution in [0.4, 0.5) is 0 Å². The number of nitrogens with zero attached hydrogens (tertiary/aromatic N) is 3. The Bertz CT molecular complexity index is 2940. The van der Waals surface area contributed by atoms with E-state index in [0.717, 1.165) is 50.6 Å². The van der Waals surface area contributed by atoms with E-state index in [1.54, 1.807) is 0 Å². The Morgan fingerprint density at radius 3 is 1.70 bits per heavy atom. The van der Waals surface area contributed by atoms with Gasteiger partial charge in [0.25, 0.3) is 0 Å². The molecule has 0 saturated carbocycles. The molecule has 0 bridgehead atoms. The van der Waals surface area contributed by atoms with Gasteiger partial charge in [-0.25, -0.2) is 0 Å². The van der Waals surface area contributed by atoms with E-state index in [0.29, 0.717) is 0 Å². The third-order valence-corrected chi connectivity index (χ3v) is 11.1. The first-order valence-corrected chi connectivity index (χ1v) is 19.3. The summed E-state index contributed by atoms with van der Waals surface area (Å²) in [6.45, 7) is 4.32. The van der Waals surface area contributed by atoms with Gasteiger partial charge < -0.3 is 14.5 Å². The maximum Gasteiger partial charge on any atom is 0.145 e. The Balaban J connectivity index is 1.14. The van der Waals surface area contributed by atoms with Gasteiger partial charge in [0.2, 0.25) is 0 Å². The predicted molar refractivity (Wildman–Crippen MR) is 236 cm³/mol. The molecule has 4 nitrogen and oxygen atoms in total. The molecule has 1 atom stereocenters. The molecule has 1 N–H and O–H groups in total. The van der Waals surface area contributed by atoms with Crippen molar-refractivity contribution in [3.63, 3.8) is 0 Å². The van der Waals surface area contributed by atoms with Gasteiger partial charge in [-0.1, -0.05) is 146 Å². The van der Waals surface area contributed by atoms with Crippen LogP contribution in [0.3, 0.4) is 0 Å². The molecule has 10 rings (SSSR count). The van der Waals surface area contributed by atoms with Gasteiger partial charge in [0, 0.05) is 38.9 Å². The third kappa shape index (κ3) is 5.75. The fourth-order valence-corrected chi connectivity index (χ4v) is 8.38. The normalized spacial score (nSPS) is 14.4. The lowest BCUT2D eigenvalue weighted by molar-refractivity contribution is 0.664. The smallest absolute Gasteiger partial charge is 0.145 e. The van der Waals surface area contributed by atoms with Crippen molar-refractivity contribution in [2.45, 2.75) is 20.0 Å². The molecule has 0 spiro atoms. The van der Waals surface area contributed by atoms with Crippen molar-refractivity contribution >= 4 is 50.2 Å². The zero-order valence-electron chi connectivity index (χ0n) is 31.4. The number of hydrogen-bond donors (Lipinski definition) is 1. The van der Waals surface area contributed by atoms with Crippen LogP contribution in [0.15, 0.2) is 193 Å². The maximum absolute atomic E-state index is 5.14. The van der Waals surface area contributed by atoms with E-state index in [-0.39, 0.29) is 6.17 Å². The minimum atomic E-state index is -0.192. The second-order valence-electron chi connectivity index (χ2n) is 14.4. The molecule has 0 fully saturated rings. The molecule has 0 radical (unpaired) electrons. The van der Waals surface area contributed by atoms with Crippen LogP contribution in [0.2, 0.25) is 0 Å². The van der Waals surface area contributed by atoms with Crippen molar-refractivity contribution in [2.24, 2.45) is 4.99 Å².